The molecule has 0 radical (unpaired) electrons. The molecule has 0 amide bonds. The van der Waals surface area contributed by atoms with Gasteiger partial charge in [-0.05, 0) is 35.4 Å². The second-order valence-electron chi connectivity index (χ2n) is 4.72. The highest BCUT2D eigenvalue weighted by molar-refractivity contribution is 5.83. The summed E-state index contributed by atoms with van der Waals surface area (Å²) in [6.45, 7) is 0. The first-order chi connectivity index (χ1) is 10.3. The third kappa shape index (κ3) is 2.58. The van der Waals surface area contributed by atoms with E-state index in [0.717, 1.165) is 22.4 Å². The van der Waals surface area contributed by atoms with Crippen molar-refractivity contribution in [3.05, 3.63) is 66.9 Å². The minimum absolute atomic E-state index is 0.630. The zero-order chi connectivity index (χ0) is 14.7. The van der Waals surface area contributed by atoms with Crippen LogP contribution < -0.4 is 10.5 Å². The molecule has 1 aromatic heterocycles. The molecule has 3 nitrogen and oxygen atoms in total. The second-order valence-corrected chi connectivity index (χ2v) is 4.72. The lowest BCUT2D eigenvalue weighted by Gasteiger charge is -2.11. The maximum atomic E-state index is 6.02. The lowest BCUT2D eigenvalue weighted by molar-refractivity contribution is 0.417. The van der Waals surface area contributed by atoms with Gasteiger partial charge in [0, 0.05) is 11.8 Å². The Morgan fingerprint density at radius 1 is 0.905 bits per heavy atom. The number of hydrogen-bond acceptors (Lipinski definition) is 3. The Labute approximate surface area is 124 Å². The van der Waals surface area contributed by atoms with Crippen molar-refractivity contribution >= 4 is 5.69 Å². The molecule has 1 heterocycles. The summed E-state index contributed by atoms with van der Waals surface area (Å²) in [5.41, 5.74) is 10.8. The van der Waals surface area contributed by atoms with Crippen molar-refractivity contribution in [2.75, 3.05) is 12.8 Å². The standard InChI is InChI=1S/C18H16N2O/c1-21-18-10-9-13(12-16(18)19)14-6-2-3-7-15(14)17-8-4-5-11-20-17/h2-12H,19H2,1H3. The molecule has 0 bridgehead atoms. The first-order valence-corrected chi connectivity index (χ1v) is 6.74. The minimum Gasteiger partial charge on any atom is -0.495 e. The van der Waals surface area contributed by atoms with Gasteiger partial charge in [0.2, 0.25) is 0 Å². The van der Waals surface area contributed by atoms with Gasteiger partial charge in [-0.15, -0.1) is 0 Å². The fraction of sp³-hybridized carbons (Fsp3) is 0.0556. The number of hydrogen-bond donors (Lipinski definition) is 1. The Bertz CT molecular complexity index is 754. The molecule has 0 aliphatic rings. The molecule has 104 valence electrons. The summed E-state index contributed by atoms with van der Waals surface area (Å²) >= 11 is 0. The fourth-order valence-electron chi connectivity index (χ4n) is 2.38. The normalized spacial score (nSPS) is 10.3. The molecule has 0 aliphatic carbocycles. The smallest absolute Gasteiger partial charge is 0.141 e. The van der Waals surface area contributed by atoms with Gasteiger partial charge in [0.05, 0.1) is 18.5 Å². The van der Waals surface area contributed by atoms with Gasteiger partial charge < -0.3 is 10.5 Å². The molecule has 2 aromatic carbocycles. The predicted octanol–water partition coefficient (Wildman–Crippen LogP) is 4.01. The monoisotopic (exact) mass is 276 g/mol. The SMILES string of the molecule is COc1ccc(-c2ccccc2-c2ccccn2)cc1N. The molecule has 21 heavy (non-hydrogen) atoms. The van der Waals surface area contributed by atoms with Crippen LogP contribution in [0.5, 0.6) is 5.75 Å². The lowest BCUT2D eigenvalue weighted by atomic mass is 9.97. The number of aromatic nitrogens is 1. The largest absolute Gasteiger partial charge is 0.495 e. The highest BCUT2D eigenvalue weighted by Crippen LogP contribution is 2.34. The van der Waals surface area contributed by atoms with E-state index < -0.39 is 0 Å². The van der Waals surface area contributed by atoms with Gasteiger partial charge in [-0.3, -0.25) is 4.98 Å². The van der Waals surface area contributed by atoms with Gasteiger partial charge in [-0.2, -0.15) is 0 Å². The summed E-state index contributed by atoms with van der Waals surface area (Å²) in [5, 5.41) is 0. The number of nitrogen functional groups attached to an aromatic ring is 1. The van der Waals surface area contributed by atoms with Crippen molar-refractivity contribution < 1.29 is 4.74 Å². The van der Waals surface area contributed by atoms with Gasteiger partial charge in [0.15, 0.2) is 0 Å². The number of benzene rings is 2. The Balaban J connectivity index is 2.13. The average Bonchev–Trinajstić information content (AvgIpc) is 2.55. The molecule has 3 heteroatoms. The number of anilines is 1. The quantitative estimate of drug-likeness (QED) is 0.735. The molecule has 2 N–H and O–H groups in total. The van der Waals surface area contributed by atoms with Crippen LogP contribution in [0.25, 0.3) is 22.4 Å². The number of nitrogens with zero attached hydrogens (tertiary/aromatic N) is 1. The Kier molecular flexibility index (Phi) is 3.56. The molecule has 0 spiro atoms. The van der Waals surface area contributed by atoms with E-state index in [9.17, 15) is 0 Å². The van der Waals surface area contributed by atoms with Crippen molar-refractivity contribution in [2.45, 2.75) is 0 Å². The zero-order valence-corrected chi connectivity index (χ0v) is 11.8. The number of pyridine rings is 1. The summed E-state index contributed by atoms with van der Waals surface area (Å²) in [6.07, 6.45) is 1.80. The molecule has 0 fully saturated rings. The Morgan fingerprint density at radius 3 is 2.33 bits per heavy atom. The van der Waals surface area contributed by atoms with Crippen LogP contribution in [0.15, 0.2) is 66.9 Å². The van der Waals surface area contributed by atoms with Crippen molar-refractivity contribution in [3.8, 4) is 28.1 Å². The molecule has 0 aliphatic heterocycles. The summed E-state index contributed by atoms with van der Waals surface area (Å²) in [7, 11) is 1.62. The van der Waals surface area contributed by atoms with Gasteiger partial charge >= 0.3 is 0 Å². The molecule has 0 saturated heterocycles. The maximum Gasteiger partial charge on any atom is 0.141 e. The van der Waals surface area contributed by atoms with E-state index in [1.54, 1.807) is 13.3 Å². The number of methoxy groups -OCH3 is 1. The van der Waals surface area contributed by atoms with Crippen molar-refractivity contribution in [1.29, 1.82) is 0 Å². The van der Waals surface area contributed by atoms with Crippen LogP contribution in [-0.4, -0.2) is 12.1 Å². The number of ether oxygens (including phenoxy) is 1. The molecule has 0 atom stereocenters. The predicted molar refractivity (Wildman–Crippen MR) is 86.1 cm³/mol. The topological polar surface area (TPSA) is 48.1 Å². The highest BCUT2D eigenvalue weighted by atomic mass is 16.5. The highest BCUT2D eigenvalue weighted by Gasteiger charge is 2.09. The van der Waals surface area contributed by atoms with Crippen LogP contribution in [0.2, 0.25) is 0 Å². The van der Waals surface area contributed by atoms with Crippen LogP contribution in [-0.2, 0) is 0 Å². The molecular formula is C18H16N2O. The Hall–Kier alpha value is -2.81. The molecule has 3 aromatic rings. The van der Waals surface area contributed by atoms with Crippen LogP contribution in [0, 0.1) is 0 Å². The van der Waals surface area contributed by atoms with E-state index in [1.165, 1.54) is 0 Å². The van der Waals surface area contributed by atoms with Crippen LogP contribution >= 0.6 is 0 Å². The van der Waals surface area contributed by atoms with Gasteiger partial charge in [0.25, 0.3) is 0 Å². The molecule has 0 saturated carbocycles. The molecule has 0 unspecified atom stereocenters. The molecule has 3 rings (SSSR count). The number of rotatable bonds is 3. The maximum absolute atomic E-state index is 6.02. The lowest BCUT2D eigenvalue weighted by Crippen LogP contribution is -1.93. The zero-order valence-electron chi connectivity index (χ0n) is 11.8. The van der Waals surface area contributed by atoms with Crippen molar-refractivity contribution in [1.82, 2.24) is 4.98 Å². The molecular weight excluding hydrogens is 260 g/mol. The van der Waals surface area contributed by atoms with E-state index in [0.29, 0.717) is 11.4 Å². The second kappa shape index (κ2) is 5.67. The van der Waals surface area contributed by atoms with E-state index in [-0.39, 0.29) is 0 Å². The van der Waals surface area contributed by atoms with E-state index in [2.05, 4.69) is 17.1 Å². The third-order valence-electron chi connectivity index (χ3n) is 3.41. The van der Waals surface area contributed by atoms with Crippen molar-refractivity contribution in [2.24, 2.45) is 0 Å². The van der Waals surface area contributed by atoms with Crippen molar-refractivity contribution in [3.63, 3.8) is 0 Å². The first kappa shape index (κ1) is 13.2. The fourth-order valence-corrected chi connectivity index (χ4v) is 2.38. The van der Waals surface area contributed by atoms with Gasteiger partial charge in [-0.25, -0.2) is 0 Å². The van der Waals surface area contributed by atoms with Crippen LogP contribution in [0.3, 0.4) is 0 Å². The third-order valence-corrected chi connectivity index (χ3v) is 3.41. The van der Waals surface area contributed by atoms with E-state index in [1.807, 2.05) is 48.5 Å². The van der Waals surface area contributed by atoms with Crippen LogP contribution in [0.1, 0.15) is 0 Å². The van der Waals surface area contributed by atoms with Gasteiger partial charge in [-0.1, -0.05) is 36.4 Å². The first-order valence-electron chi connectivity index (χ1n) is 6.74. The van der Waals surface area contributed by atoms with E-state index in [4.69, 9.17) is 10.5 Å². The summed E-state index contributed by atoms with van der Waals surface area (Å²) < 4.78 is 5.21. The summed E-state index contributed by atoms with van der Waals surface area (Å²) in [4.78, 5) is 4.44. The summed E-state index contributed by atoms with van der Waals surface area (Å²) in [6, 6.07) is 19.9. The summed E-state index contributed by atoms with van der Waals surface area (Å²) in [5.74, 6) is 0.689. The number of nitrogens with two attached hydrogens (primary N) is 1. The minimum atomic E-state index is 0.630. The Morgan fingerprint density at radius 2 is 1.67 bits per heavy atom. The van der Waals surface area contributed by atoms with Gasteiger partial charge in [0.1, 0.15) is 5.75 Å². The van der Waals surface area contributed by atoms with Crippen LogP contribution in [0.4, 0.5) is 5.69 Å². The average molecular weight is 276 g/mol. The van der Waals surface area contributed by atoms with E-state index >= 15 is 0 Å².